The highest BCUT2D eigenvalue weighted by molar-refractivity contribution is 6.42. The molecule has 2 aliphatic rings. The van der Waals surface area contributed by atoms with Gasteiger partial charge in [0.15, 0.2) is 0 Å². The Morgan fingerprint density at radius 1 is 1.21 bits per heavy atom. The minimum absolute atomic E-state index is 0.00674. The number of nitrogens with zero attached hydrogens (tertiary/aromatic N) is 3. The first-order valence-corrected chi connectivity index (χ1v) is 12.3. The number of carbonyl (C=O) groups is 2. The molecular formula is C24H33Cl2N3O4. The molecule has 1 aromatic carbocycles. The van der Waals surface area contributed by atoms with Crippen LogP contribution in [0.25, 0.3) is 6.08 Å². The highest BCUT2D eigenvalue weighted by Crippen LogP contribution is 2.23. The van der Waals surface area contributed by atoms with Gasteiger partial charge in [-0.1, -0.05) is 29.3 Å². The normalized spacial score (nSPS) is 23.7. The lowest BCUT2D eigenvalue weighted by Crippen LogP contribution is -2.49. The van der Waals surface area contributed by atoms with Gasteiger partial charge in [-0.05, 0) is 56.5 Å². The molecule has 9 heteroatoms. The number of amides is 2. The summed E-state index contributed by atoms with van der Waals surface area (Å²) in [5.41, 5.74) is 0.773. The molecule has 2 fully saturated rings. The van der Waals surface area contributed by atoms with Crippen molar-refractivity contribution in [1.29, 1.82) is 0 Å². The number of β-amino-alcohol motifs (C(OH)–C–C–N with tert-alkyl or cyclic N) is 1. The van der Waals surface area contributed by atoms with Crippen molar-refractivity contribution < 1.29 is 19.8 Å². The maximum atomic E-state index is 12.6. The van der Waals surface area contributed by atoms with E-state index in [1.54, 1.807) is 34.1 Å². The van der Waals surface area contributed by atoms with Crippen LogP contribution in [0.15, 0.2) is 24.3 Å². The van der Waals surface area contributed by atoms with Crippen molar-refractivity contribution in [3.8, 4) is 0 Å². The van der Waals surface area contributed by atoms with E-state index < -0.39 is 6.10 Å². The van der Waals surface area contributed by atoms with E-state index in [0.29, 0.717) is 49.2 Å². The summed E-state index contributed by atoms with van der Waals surface area (Å²) in [6.45, 7) is 5.04. The van der Waals surface area contributed by atoms with Gasteiger partial charge in [-0.3, -0.25) is 14.5 Å². The predicted molar refractivity (Wildman–Crippen MR) is 130 cm³/mol. The van der Waals surface area contributed by atoms with Gasteiger partial charge >= 0.3 is 0 Å². The number of benzene rings is 1. The van der Waals surface area contributed by atoms with Crippen LogP contribution < -0.4 is 0 Å². The van der Waals surface area contributed by atoms with E-state index >= 15 is 0 Å². The summed E-state index contributed by atoms with van der Waals surface area (Å²) in [6, 6.07) is 5.18. The van der Waals surface area contributed by atoms with Crippen molar-refractivity contribution in [3.63, 3.8) is 0 Å². The van der Waals surface area contributed by atoms with E-state index in [0.717, 1.165) is 24.9 Å². The Morgan fingerprint density at radius 3 is 2.76 bits per heavy atom. The van der Waals surface area contributed by atoms with E-state index in [1.165, 1.54) is 6.08 Å². The predicted octanol–water partition coefficient (Wildman–Crippen LogP) is 2.66. The lowest BCUT2D eigenvalue weighted by atomic mass is 9.99. The van der Waals surface area contributed by atoms with Crippen LogP contribution in [0.2, 0.25) is 10.0 Å². The van der Waals surface area contributed by atoms with Gasteiger partial charge in [0.2, 0.25) is 11.8 Å². The van der Waals surface area contributed by atoms with E-state index in [-0.39, 0.29) is 30.4 Å². The SMILES string of the molecule is C[C@H]1[C@H](O)CCCN1CC(O)CCN1CCN(C(=O)/C=C/c2ccc(Cl)c(Cl)c2)CCC1=O. The third kappa shape index (κ3) is 7.42. The molecule has 0 radical (unpaired) electrons. The fraction of sp³-hybridized carbons (Fsp3) is 0.583. The number of carbonyl (C=O) groups excluding carboxylic acids is 2. The number of hydrogen-bond acceptors (Lipinski definition) is 5. The Kier molecular flexibility index (Phi) is 9.58. The molecule has 0 saturated carbocycles. The zero-order valence-electron chi connectivity index (χ0n) is 19.0. The van der Waals surface area contributed by atoms with Gasteiger partial charge in [-0.15, -0.1) is 0 Å². The lowest BCUT2D eigenvalue weighted by molar-refractivity contribution is -0.130. The zero-order chi connectivity index (χ0) is 24.0. The van der Waals surface area contributed by atoms with Crippen LogP contribution in [0.4, 0.5) is 0 Å². The standard InChI is InChI=1S/C24H33Cl2N3O4/c1-17-22(31)3-2-10-29(17)16-19(30)8-11-27-13-14-28(12-9-24(27)33)23(32)7-5-18-4-6-20(25)21(26)15-18/h4-7,15,17,19,22,30-31H,2-3,8-14,16H2,1H3/b7-5+/t17-,19?,22+/m0/s1. The summed E-state index contributed by atoms with van der Waals surface area (Å²) in [5, 5.41) is 21.4. The van der Waals surface area contributed by atoms with E-state index in [1.807, 2.05) is 6.92 Å². The molecular weight excluding hydrogens is 465 g/mol. The summed E-state index contributed by atoms with van der Waals surface area (Å²) >= 11 is 11.9. The summed E-state index contributed by atoms with van der Waals surface area (Å²) < 4.78 is 0. The van der Waals surface area contributed by atoms with Crippen molar-refractivity contribution in [1.82, 2.24) is 14.7 Å². The van der Waals surface area contributed by atoms with Gasteiger partial charge in [0.25, 0.3) is 0 Å². The van der Waals surface area contributed by atoms with Crippen LogP contribution in [0.5, 0.6) is 0 Å². The van der Waals surface area contributed by atoms with Crippen molar-refractivity contribution in [2.45, 2.75) is 50.9 Å². The quantitative estimate of drug-likeness (QED) is 0.565. The highest BCUT2D eigenvalue weighted by Gasteiger charge is 2.28. The van der Waals surface area contributed by atoms with Crippen LogP contribution in [0.1, 0.15) is 38.2 Å². The monoisotopic (exact) mass is 497 g/mol. The average molecular weight is 498 g/mol. The second-order valence-corrected chi connectivity index (χ2v) is 9.66. The summed E-state index contributed by atoms with van der Waals surface area (Å²) in [7, 11) is 0. The summed E-state index contributed by atoms with van der Waals surface area (Å²) in [4.78, 5) is 30.7. The van der Waals surface area contributed by atoms with Gasteiger partial charge < -0.3 is 20.0 Å². The minimum Gasteiger partial charge on any atom is -0.392 e. The van der Waals surface area contributed by atoms with Crippen LogP contribution in [0.3, 0.4) is 0 Å². The van der Waals surface area contributed by atoms with E-state index in [9.17, 15) is 19.8 Å². The van der Waals surface area contributed by atoms with Crippen LogP contribution >= 0.6 is 23.2 Å². The first kappa shape index (κ1) is 26.0. The number of hydrogen-bond donors (Lipinski definition) is 2. The van der Waals surface area contributed by atoms with Crippen molar-refractivity contribution >= 4 is 41.1 Å². The van der Waals surface area contributed by atoms with Gasteiger partial charge in [-0.25, -0.2) is 0 Å². The minimum atomic E-state index is -0.569. The molecule has 0 spiro atoms. The number of rotatable bonds is 7. The van der Waals surface area contributed by atoms with Crippen molar-refractivity contribution in [3.05, 3.63) is 39.9 Å². The van der Waals surface area contributed by atoms with Crippen LogP contribution in [-0.2, 0) is 9.59 Å². The van der Waals surface area contributed by atoms with Gasteiger partial charge in [0.05, 0.1) is 22.3 Å². The van der Waals surface area contributed by atoms with Crippen molar-refractivity contribution in [2.24, 2.45) is 0 Å². The molecule has 7 nitrogen and oxygen atoms in total. The van der Waals surface area contributed by atoms with Gasteiger partial charge in [0, 0.05) is 51.3 Å². The molecule has 2 amide bonds. The Hall–Kier alpha value is -1.64. The first-order chi connectivity index (χ1) is 15.7. The first-order valence-electron chi connectivity index (χ1n) is 11.5. The lowest BCUT2D eigenvalue weighted by Gasteiger charge is -2.38. The maximum absolute atomic E-state index is 12.6. The zero-order valence-corrected chi connectivity index (χ0v) is 20.5. The largest absolute Gasteiger partial charge is 0.392 e. The second kappa shape index (κ2) is 12.2. The Labute approximate surface area is 205 Å². The maximum Gasteiger partial charge on any atom is 0.246 e. The molecule has 2 N–H and O–H groups in total. The molecule has 1 unspecified atom stereocenters. The van der Waals surface area contributed by atoms with Crippen LogP contribution in [0, 0.1) is 0 Å². The number of likely N-dealkylation sites (tertiary alicyclic amines) is 1. The van der Waals surface area contributed by atoms with Crippen LogP contribution in [-0.4, -0.2) is 94.2 Å². The molecule has 3 rings (SSSR count). The third-order valence-electron chi connectivity index (χ3n) is 6.52. The second-order valence-electron chi connectivity index (χ2n) is 8.85. The number of aliphatic hydroxyl groups excluding tert-OH is 2. The third-order valence-corrected chi connectivity index (χ3v) is 7.26. The molecule has 0 bridgehead atoms. The average Bonchev–Trinajstić information content (AvgIpc) is 2.97. The topological polar surface area (TPSA) is 84.3 Å². The highest BCUT2D eigenvalue weighted by atomic mass is 35.5. The fourth-order valence-corrected chi connectivity index (χ4v) is 4.64. The molecule has 182 valence electrons. The summed E-state index contributed by atoms with van der Waals surface area (Å²) in [5.74, 6) is -0.166. The van der Waals surface area contributed by atoms with Crippen molar-refractivity contribution in [2.75, 3.05) is 39.3 Å². The van der Waals surface area contributed by atoms with Gasteiger partial charge in [-0.2, -0.15) is 0 Å². The summed E-state index contributed by atoms with van der Waals surface area (Å²) in [6.07, 6.45) is 4.70. The Balaban J connectivity index is 1.47. The van der Waals surface area contributed by atoms with Gasteiger partial charge in [0.1, 0.15) is 0 Å². The molecule has 2 heterocycles. The Morgan fingerprint density at radius 2 is 2.00 bits per heavy atom. The van der Waals surface area contributed by atoms with E-state index in [4.69, 9.17) is 23.2 Å². The Bertz CT molecular complexity index is 866. The molecule has 0 aliphatic carbocycles. The molecule has 1 aromatic rings. The molecule has 2 saturated heterocycles. The number of piperidine rings is 1. The fourth-order valence-electron chi connectivity index (χ4n) is 4.33. The molecule has 33 heavy (non-hydrogen) atoms. The molecule has 0 aromatic heterocycles. The smallest absolute Gasteiger partial charge is 0.246 e. The number of aliphatic hydroxyl groups is 2. The molecule has 3 atom stereocenters. The number of halogens is 2. The molecule has 2 aliphatic heterocycles. The van der Waals surface area contributed by atoms with E-state index in [2.05, 4.69) is 4.90 Å².